The van der Waals surface area contributed by atoms with E-state index in [1.54, 1.807) is 0 Å². The summed E-state index contributed by atoms with van der Waals surface area (Å²) in [6.45, 7) is 8.37. The van der Waals surface area contributed by atoms with Gasteiger partial charge in [0.2, 0.25) is 0 Å². The molecule has 0 saturated carbocycles. The Labute approximate surface area is 85.9 Å². The highest BCUT2D eigenvalue weighted by Gasteiger charge is 1.93. The van der Waals surface area contributed by atoms with Crippen molar-refractivity contribution in [3.05, 3.63) is 23.4 Å². The van der Waals surface area contributed by atoms with E-state index >= 15 is 0 Å². The molecule has 0 spiro atoms. The fraction of sp³-hybridized carbons (Fsp3) is 0.500. The first-order valence-electron chi connectivity index (χ1n) is 4.35. The van der Waals surface area contributed by atoms with Crippen molar-refractivity contribution < 1.29 is 0 Å². The number of nitrogens with one attached hydrogen (secondary N) is 1. The van der Waals surface area contributed by atoms with E-state index < -0.39 is 0 Å². The van der Waals surface area contributed by atoms with Crippen molar-refractivity contribution >= 4 is 17.3 Å². The van der Waals surface area contributed by atoms with Gasteiger partial charge in [0.1, 0.15) is 0 Å². The lowest BCUT2D eigenvalue weighted by Crippen LogP contribution is -2.27. The largest absolute Gasteiger partial charge is 0.376 e. The maximum Gasteiger partial charge on any atom is 0.167 e. The highest BCUT2D eigenvalue weighted by atomic mass is 32.1. The molecule has 0 aliphatic carbocycles. The fourth-order valence-corrected chi connectivity index (χ4v) is 0.846. The smallest absolute Gasteiger partial charge is 0.167 e. The zero-order chi connectivity index (χ0) is 10.4. The second-order valence-electron chi connectivity index (χ2n) is 3.40. The SMILES string of the molecule is C/C(=C\C=C(/C)C(C)C)NC(N)=S. The number of nitrogens with two attached hydrogens (primary N) is 1. The van der Waals surface area contributed by atoms with Gasteiger partial charge in [0.05, 0.1) is 0 Å². The average Bonchev–Trinajstić information content (AvgIpc) is 1.98. The number of hydrogen-bond donors (Lipinski definition) is 2. The molecule has 74 valence electrons. The summed E-state index contributed by atoms with van der Waals surface area (Å²) in [5.41, 5.74) is 7.62. The lowest BCUT2D eigenvalue weighted by molar-refractivity contribution is 0.769. The Bertz CT molecular complexity index is 239. The second kappa shape index (κ2) is 5.75. The lowest BCUT2D eigenvalue weighted by atomic mass is 10.1. The van der Waals surface area contributed by atoms with Crippen LogP contribution >= 0.6 is 12.2 Å². The van der Waals surface area contributed by atoms with Crippen molar-refractivity contribution in [3.63, 3.8) is 0 Å². The van der Waals surface area contributed by atoms with Gasteiger partial charge in [-0.1, -0.05) is 25.5 Å². The van der Waals surface area contributed by atoms with E-state index in [0.717, 1.165) is 5.70 Å². The predicted molar refractivity (Wildman–Crippen MR) is 62.3 cm³/mol. The van der Waals surface area contributed by atoms with Gasteiger partial charge in [-0.25, -0.2) is 0 Å². The highest BCUT2D eigenvalue weighted by Crippen LogP contribution is 2.07. The number of thiocarbonyl (C=S) groups is 1. The van der Waals surface area contributed by atoms with Crippen LogP contribution in [0.4, 0.5) is 0 Å². The van der Waals surface area contributed by atoms with Gasteiger partial charge >= 0.3 is 0 Å². The standard InChI is InChI=1S/C10H18N2S/c1-7(2)8(3)5-6-9(4)12-10(11)13/h5-7H,1-4H3,(H3,11,12,13)/b8-5+,9-6+. The van der Waals surface area contributed by atoms with Crippen molar-refractivity contribution in [2.75, 3.05) is 0 Å². The molecule has 0 fully saturated rings. The van der Waals surface area contributed by atoms with E-state index in [1.165, 1.54) is 5.57 Å². The van der Waals surface area contributed by atoms with Crippen LogP contribution in [0.5, 0.6) is 0 Å². The minimum Gasteiger partial charge on any atom is -0.376 e. The van der Waals surface area contributed by atoms with Crippen LogP contribution in [0.2, 0.25) is 0 Å². The van der Waals surface area contributed by atoms with Crippen LogP contribution in [0, 0.1) is 5.92 Å². The first kappa shape index (κ1) is 12.2. The second-order valence-corrected chi connectivity index (χ2v) is 3.84. The molecule has 0 saturated heterocycles. The van der Waals surface area contributed by atoms with Gasteiger partial charge in [0.25, 0.3) is 0 Å². The van der Waals surface area contributed by atoms with Crippen LogP contribution in [-0.4, -0.2) is 5.11 Å². The first-order valence-corrected chi connectivity index (χ1v) is 4.76. The Morgan fingerprint density at radius 3 is 2.23 bits per heavy atom. The molecule has 0 aromatic carbocycles. The van der Waals surface area contributed by atoms with Crippen LogP contribution in [0.1, 0.15) is 27.7 Å². The molecular weight excluding hydrogens is 180 g/mol. The van der Waals surface area contributed by atoms with E-state index in [4.69, 9.17) is 18.0 Å². The Morgan fingerprint density at radius 1 is 1.31 bits per heavy atom. The van der Waals surface area contributed by atoms with Crippen molar-refractivity contribution in [1.29, 1.82) is 0 Å². The molecule has 3 N–H and O–H groups in total. The monoisotopic (exact) mass is 198 g/mol. The summed E-state index contributed by atoms with van der Waals surface area (Å²) < 4.78 is 0. The zero-order valence-electron chi connectivity index (χ0n) is 8.72. The minimum atomic E-state index is 0.310. The van der Waals surface area contributed by atoms with Crippen LogP contribution in [0.25, 0.3) is 0 Å². The molecule has 2 nitrogen and oxygen atoms in total. The maximum absolute atomic E-state index is 5.32. The summed E-state index contributed by atoms with van der Waals surface area (Å²) in [7, 11) is 0. The quantitative estimate of drug-likeness (QED) is 0.540. The number of rotatable bonds is 3. The summed E-state index contributed by atoms with van der Waals surface area (Å²) in [6, 6.07) is 0. The fourth-order valence-electron chi connectivity index (χ4n) is 0.685. The number of hydrogen-bond acceptors (Lipinski definition) is 1. The molecule has 0 aliphatic heterocycles. The molecule has 13 heavy (non-hydrogen) atoms. The van der Waals surface area contributed by atoms with Crippen LogP contribution in [0.3, 0.4) is 0 Å². The predicted octanol–water partition coefficient (Wildman–Crippen LogP) is 2.33. The molecule has 0 heterocycles. The first-order chi connectivity index (χ1) is 5.93. The highest BCUT2D eigenvalue weighted by molar-refractivity contribution is 7.80. The summed E-state index contributed by atoms with van der Waals surface area (Å²) in [5.74, 6) is 0.578. The molecule has 0 atom stereocenters. The van der Waals surface area contributed by atoms with Gasteiger partial charge in [-0.05, 0) is 38.1 Å². The summed E-state index contributed by atoms with van der Waals surface area (Å²) in [4.78, 5) is 0. The van der Waals surface area contributed by atoms with Crippen LogP contribution in [-0.2, 0) is 0 Å². The molecule has 0 radical (unpaired) electrons. The molecule has 0 rings (SSSR count). The van der Waals surface area contributed by atoms with E-state index in [-0.39, 0.29) is 0 Å². The molecule has 0 aromatic rings. The van der Waals surface area contributed by atoms with E-state index in [0.29, 0.717) is 11.0 Å². The third kappa shape index (κ3) is 6.34. The molecule has 0 unspecified atom stereocenters. The van der Waals surface area contributed by atoms with Crippen LogP contribution < -0.4 is 11.1 Å². The molecule has 0 aliphatic rings. The van der Waals surface area contributed by atoms with Crippen molar-refractivity contribution in [3.8, 4) is 0 Å². The summed E-state index contributed by atoms with van der Waals surface area (Å²) >= 11 is 4.71. The summed E-state index contributed by atoms with van der Waals surface area (Å²) in [5, 5.41) is 3.17. The molecule has 0 bridgehead atoms. The lowest BCUT2D eigenvalue weighted by Gasteiger charge is -2.04. The molecule has 0 aromatic heterocycles. The maximum atomic E-state index is 5.32. The minimum absolute atomic E-state index is 0.310. The average molecular weight is 198 g/mol. The summed E-state index contributed by atoms with van der Waals surface area (Å²) in [6.07, 6.45) is 4.06. The molecular formula is C10H18N2S. The Kier molecular flexibility index (Phi) is 5.39. The Balaban J connectivity index is 4.24. The van der Waals surface area contributed by atoms with Crippen LogP contribution in [0.15, 0.2) is 23.4 Å². The normalized spacial score (nSPS) is 13.3. The topological polar surface area (TPSA) is 38.0 Å². The Morgan fingerprint density at radius 2 is 1.85 bits per heavy atom. The van der Waals surface area contributed by atoms with Crippen molar-refractivity contribution in [2.24, 2.45) is 11.7 Å². The van der Waals surface area contributed by atoms with Gasteiger partial charge in [0.15, 0.2) is 5.11 Å². The molecule has 3 heteroatoms. The van der Waals surface area contributed by atoms with E-state index in [9.17, 15) is 0 Å². The van der Waals surface area contributed by atoms with Crippen molar-refractivity contribution in [1.82, 2.24) is 5.32 Å². The number of allylic oxidation sites excluding steroid dienone is 4. The van der Waals surface area contributed by atoms with Gasteiger partial charge < -0.3 is 11.1 Å². The third-order valence-corrected chi connectivity index (χ3v) is 1.93. The zero-order valence-corrected chi connectivity index (χ0v) is 9.53. The Hall–Kier alpha value is -0.830. The van der Waals surface area contributed by atoms with E-state index in [2.05, 4.69) is 32.2 Å². The molecule has 0 amide bonds. The van der Waals surface area contributed by atoms with Crippen molar-refractivity contribution in [2.45, 2.75) is 27.7 Å². The van der Waals surface area contributed by atoms with Gasteiger partial charge in [-0.2, -0.15) is 0 Å². The van der Waals surface area contributed by atoms with Gasteiger partial charge in [-0.3, -0.25) is 0 Å². The van der Waals surface area contributed by atoms with E-state index in [1.807, 2.05) is 13.0 Å². The van der Waals surface area contributed by atoms with Gasteiger partial charge in [-0.15, -0.1) is 0 Å². The third-order valence-electron chi connectivity index (χ3n) is 1.83. The van der Waals surface area contributed by atoms with Gasteiger partial charge in [0, 0.05) is 5.70 Å².